The van der Waals surface area contributed by atoms with Crippen LogP contribution in [0.5, 0.6) is 0 Å². The summed E-state index contributed by atoms with van der Waals surface area (Å²) in [4.78, 5) is 6.92. The maximum absolute atomic E-state index is 11.2. The zero-order chi connectivity index (χ0) is 20.6. The monoisotopic (exact) mass is 405 g/mol. The lowest BCUT2D eigenvalue weighted by Crippen LogP contribution is -2.27. The summed E-state index contributed by atoms with van der Waals surface area (Å²) in [7, 11) is -3.29. The first-order valence-electron chi connectivity index (χ1n) is 9.67. The molecule has 0 saturated heterocycles. The highest BCUT2D eigenvalue weighted by molar-refractivity contribution is 7.92. The molecule has 0 saturated carbocycles. The number of aliphatic hydroxyl groups is 1. The van der Waals surface area contributed by atoms with Gasteiger partial charge in [-0.25, -0.2) is 8.42 Å². The van der Waals surface area contributed by atoms with Gasteiger partial charge in [-0.05, 0) is 62.7 Å². The van der Waals surface area contributed by atoms with Crippen LogP contribution in [0.2, 0.25) is 0 Å². The summed E-state index contributed by atoms with van der Waals surface area (Å²) >= 11 is 0. The molecule has 28 heavy (non-hydrogen) atoms. The fourth-order valence-electron chi connectivity index (χ4n) is 3.10. The molecule has 0 aliphatic rings. The molecule has 2 N–H and O–H groups in total. The number of aryl methyl sites for hydroxylation is 1. The maximum atomic E-state index is 11.2. The van der Waals surface area contributed by atoms with Crippen molar-refractivity contribution < 1.29 is 13.5 Å². The third kappa shape index (κ3) is 7.96. The standard InChI is InChI=1S/C21H31N3O3S/c1-4-24(16-14-19-8-5-7-17(2)22-19)15-6-9-21(25)18-10-12-20(13-11-18)23-28(3,26)27/h5,7-8,10-13,21,23,25H,4,6,9,14-16H2,1-3H3. The average Bonchev–Trinajstić information content (AvgIpc) is 2.63. The van der Waals surface area contributed by atoms with Gasteiger partial charge in [0.05, 0.1) is 12.4 Å². The second-order valence-corrected chi connectivity index (χ2v) is 8.86. The zero-order valence-electron chi connectivity index (χ0n) is 16.9. The molecule has 2 rings (SSSR count). The highest BCUT2D eigenvalue weighted by Gasteiger charge is 2.10. The van der Waals surface area contributed by atoms with E-state index in [-0.39, 0.29) is 0 Å². The van der Waals surface area contributed by atoms with Crippen LogP contribution in [0.25, 0.3) is 0 Å². The Morgan fingerprint density at radius 3 is 2.46 bits per heavy atom. The van der Waals surface area contributed by atoms with Crippen LogP contribution in [0.3, 0.4) is 0 Å². The first-order chi connectivity index (χ1) is 13.3. The number of hydrogen-bond acceptors (Lipinski definition) is 5. The number of anilines is 1. The molecule has 0 radical (unpaired) electrons. The fraction of sp³-hybridized carbons (Fsp3) is 0.476. The fourth-order valence-corrected chi connectivity index (χ4v) is 3.67. The first kappa shape index (κ1) is 22.3. The van der Waals surface area contributed by atoms with Crippen LogP contribution in [-0.4, -0.2) is 49.3 Å². The van der Waals surface area contributed by atoms with Crippen LogP contribution in [0.1, 0.15) is 42.8 Å². The molecular weight excluding hydrogens is 374 g/mol. The van der Waals surface area contributed by atoms with Crippen LogP contribution in [0.4, 0.5) is 5.69 Å². The van der Waals surface area contributed by atoms with Gasteiger partial charge in [-0.3, -0.25) is 9.71 Å². The Kier molecular flexibility index (Phi) is 8.41. The number of nitrogens with one attached hydrogen (secondary N) is 1. The molecule has 1 heterocycles. The molecule has 0 amide bonds. The Morgan fingerprint density at radius 1 is 1.14 bits per heavy atom. The highest BCUT2D eigenvalue weighted by atomic mass is 32.2. The molecule has 154 valence electrons. The zero-order valence-corrected chi connectivity index (χ0v) is 17.7. The quantitative estimate of drug-likeness (QED) is 0.600. The Balaban J connectivity index is 1.77. The maximum Gasteiger partial charge on any atom is 0.229 e. The third-order valence-corrected chi connectivity index (χ3v) is 5.23. The molecule has 0 spiro atoms. The van der Waals surface area contributed by atoms with Gasteiger partial charge in [-0.1, -0.05) is 25.1 Å². The number of sulfonamides is 1. The number of likely N-dealkylation sites (N-methyl/N-ethyl adjacent to an activating group) is 1. The Morgan fingerprint density at radius 2 is 1.86 bits per heavy atom. The molecule has 0 aliphatic carbocycles. The minimum absolute atomic E-state index is 0.500. The predicted octanol–water partition coefficient (Wildman–Crippen LogP) is 3.14. The minimum Gasteiger partial charge on any atom is -0.388 e. The first-order valence-corrected chi connectivity index (χ1v) is 11.6. The van der Waals surface area contributed by atoms with Gasteiger partial charge in [0, 0.05) is 30.0 Å². The van der Waals surface area contributed by atoms with Gasteiger partial charge in [0.1, 0.15) is 0 Å². The van der Waals surface area contributed by atoms with E-state index < -0.39 is 16.1 Å². The lowest BCUT2D eigenvalue weighted by Gasteiger charge is -2.21. The van der Waals surface area contributed by atoms with E-state index in [1.54, 1.807) is 24.3 Å². The summed E-state index contributed by atoms with van der Waals surface area (Å²) in [5.41, 5.74) is 3.45. The number of aliphatic hydroxyl groups excluding tert-OH is 1. The van der Waals surface area contributed by atoms with Crippen molar-refractivity contribution in [2.45, 2.75) is 39.2 Å². The van der Waals surface area contributed by atoms with Gasteiger partial charge >= 0.3 is 0 Å². The molecule has 0 fully saturated rings. The molecule has 0 aliphatic heterocycles. The average molecular weight is 406 g/mol. The Bertz CT molecular complexity index is 838. The smallest absolute Gasteiger partial charge is 0.229 e. The van der Waals surface area contributed by atoms with Crippen LogP contribution >= 0.6 is 0 Å². The van der Waals surface area contributed by atoms with Gasteiger partial charge in [-0.2, -0.15) is 0 Å². The second-order valence-electron chi connectivity index (χ2n) is 7.11. The number of nitrogens with zero attached hydrogens (tertiary/aromatic N) is 2. The van der Waals surface area contributed by atoms with Gasteiger partial charge < -0.3 is 10.0 Å². The van der Waals surface area contributed by atoms with E-state index in [1.807, 2.05) is 19.1 Å². The molecule has 1 unspecified atom stereocenters. The molecule has 0 bridgehead atoms. The molecule has 2 aromatic rings. The minimum atomic E-state index is -3.29. The molecule has 1 aromatic heterocycles. The van der Waals surface area contributed by atoms with Crippen LogP contribution < -0.4 is 4.72 Å². The summed E-state index contributed by atoms with van der Waals surface area (Å²) < 4.78 is 24.9. The van der Waals surface area contributed by atoms with Crippen molar-refractivity contribution >= 4 is 15.7 Å². The number of benzene rings is 1. The summed E-state index contributed by atoms with van der Waals surface area (Å²) in [6.07, 6.45) is 3.04. The van der Waals surface area contributed by atoms with E-state index in [0.29, 0.717) is 12.1 Å². The molecule has 6 nitrogen and oxygen atoms in total. The normalized spacial score (nSPS) is 12.9. The van der Waals surface area contributed by atoms with Crippen LogP contribution in [-0.2, 0) is 16.4 Å². The summed E-state index contributed by atoms with van der Waals surface area (Å²) in [6, 6.07) is 13.0. The number of pyridine rings is 1. The van der Waals surface area contributed by atoms with Crippen LogP contribution in [0, 0.1) is 6.92 Å². The van der Waals surface area contributed by atoms with Crippen molar-refractivity contribution in [2.75, 3.05) is 30.6 Å². The van der Waals surface area contributed by atoms with E-state index in [2.05, 4.69) is 27.6 Å². The largest absolute Gasteiger partial charge is 0.388 e. The number of aromatic nitrogens is 1. The summed E-state index contributed by atoms with van der Waals surface area (Å²) in [5.74, 6) is 0. The van der Waals surface area contributed by atoms with E-state index in [1.165, 1.54) is 0 Å². The van der Waals surface area contributed by atoms with Crippen molar-refractivity contribution in [1.29, 1.82) is 0 Å². The highest BCUT2D eigenvalue weighted by Crippen LogP contribution is 2.21. The van der Waals surface area contributed by atoms with Gasteiger partial charge in [0.25, 0.3) is 0 Å². The number of hydrogen-bond donors (Lipinski definition) is 2. The van der Waals surface area contributed by atoms with Crippen LogP contribution in [0.15, 0.2) is 42.5 Å². The topological polar surface area (TPSA) is 82.5 Å². The van der Waals surface area contributed by atoms with Gasteiger partial charge in [0.15, 0.2) is 0 Å². The van der Waals surface area contributed by atoms with Crippen molar-refractivity contribution in [3.63, 3.8) is 0 Å². The SMILES string of the molecule is CCN(CCCC(O)c1ccc(NS(C)(=O)=O)cc1)CCc1cccc(C)n1. The molecule has 7 heteroatoms. The van der Waals surface area contributed by atoms with Gasteiger partial charge in [-0.15, -0.1) is 0 Å². The Hall–Kier alpha value is -1.96. The second kappa shape index (κ2) is 10.5. The lowest BCUT2D eigenvalue weighted by atomic mass is 10.0. The Labute approximate surface area is 168 Å². The van der Waals surface area contributed by atoms with Crippen molar-refractivity contribution in [3.05, 3.63) is 59.4 Å². The van der Waals surface area contributed by atoms with Crippen molar-refractivity contribution in [3.8, 4) is 0 Å². The van der Waals surface area contributed by atoms with Crippen molar-refractivity contribution in [2.24, 2.45) is 0 Å². The molecule has 1 atom stereocenters. The predicted molar refractivity (Wildman–Crippen MR) is 114 cm³/mol. The van der Waals surface area contributed by atoms with Crippen molar-refractivity contribution in [1.82, 2.24) is 9.88 Å². The van der Waals surface area contributed by atoms with E-state index in [0.717, 1.165) is 55.7 Å². The summed E-state index contributed by atoms with van der Waals surface area (Å²) in [5, 5.41) is 10.4. The van der Waals surface area contributed by atoms with Gasteiger partial charge in [0.2, 0.25) is 10.0 Å². The molecule has 1 aromatic carbocycles. The lowest BCUT2D eigenvalue weighted by molar-refractivity contribution is 0.156. The summed E-state index contributed by atoms with van der Waals surface area (Å²) in [6.45, 7) is 7.00. The van der Waals surface area contributed by atoms with E-state index in [9.17, 15) is 13.5 Å². The van der Waals surface area contributed by atoms with E-state index >= 15 is 0 Å². The molecular formula is C21H31N3O3S. The number of rotatable bonds is 11. The third-order valence-electron chi connectivity index (χ3n) is 4.63. The van der Waals surface area contributed by atoms with E-state index in [4.69, 9.17) is 0 Å².